The number of hydrogen-bond acceptors (Lipinski definition) is 3. The van der Waals surface area contributed by atoms with Gasteiger partial charge in [-0.3, -0.25) is 0 Å². The Morgan fingerprint density at radius 2 is 1.89 bits per heavy atom. The van der Waals surface area contributed by atoms with Gasteiger partial charge < -0.3 is 15.5 Å². The lowest BCUT2D eigenvalue weighted by Gasteiger charge is -2.39. The fourth-order valence-corrected chi connectivity index (χ4v) is 2.12. The molecular formula is C15H33N3. The van der Waals surface area contributed by atoms with Crippen LogP contribution in [-0.4, -0.2) is 50.7 Å². The minimum atomic E-state index is 0.337. The van der Waals surface area contributed by atoms with E-state index >= 15 is 0 Å². The topological polar surface area (TPSA) is 27.3 Å². The second kappa shape index (κ2) is 6.36. The summed E-state index contributed by atoms with van der Waals surface area (Å²) in [5.74, 6) is 0. The molecule has 3 heteroatoms. The highest BCUT2D eigenvalue weighted by Gasteiger charge is 2.32. The van der Waals surface area contributed by atoms with Crippen LogP contribution >= 0.6 is 0 Å². The first-order valence-electron chi connectivity index (χ1n) is 7.36. The Hall–Kier alpha value is -0.120. The third-order valence-electron chi connectivity index (χ3n) is 4.90. The van der Waals surface area contributed by atoms with Gasteiger partial charge >= 0.3 is 0 Å². The molecule has 1 heterocycles. The smallest absolute Gasteiger partial charge is 0.0230 e. The van der Waals surface area contributed by atoms with E-state index in [0.29, 0.717) is 16.9 Å². The summed E-state index contributed by atoms with van der Waals surface area (Å²) in [5, 5.41) is 7.12. The Morgan fingerprint density at radius 3 is 2.44 bits per heavy atom. The molecule has 0 bridgehead atoms. The molecule has 0 aliphatic carbocycles. The molecule has 1 unspecified atom stereocenters. The predicted octanol–water partition coefficient (Wildman–Crippen LogP) is 1.94. The molecule has 0 saturated carbocycles. The van der Waals surface area contributed by atoms with E-state index in [-0.39, 0.29) is 0 Å². The molecule has 1 rings (SSSR count). The van der Waals surface area contributed by atoms with E-state index in [9.17, 15) is 0 Å². The summed E-state index contributed by atoms with van der Waals surface area (Å²) < 4.78 is 0. The molecule has 0 aromatic heterocycles. The van der Waals surface area contributed by atoms with E-state index in [1.54, 1.807) is 0 Å². The van der Waals surface area contributed by atoms with Crippen LogP contribution in [0.5, 0.6) is 0 Å². The van der Waals surface area contributed by atoms with Crippen molar-refractivity contribution in [3.05, 3.63) is 0 Å². The van der Waals surface area contributed by atoms with Gasteiger partial charge in [0.2, 0.25) is 0 Å². The Morgan fingerprint density at radius 1 is 1.22 bits per heavy atom. The van der Waals surface area contributed by atoms with Gasteiger partial charge in [0.15, 0.2) is 0 Å². The number of rotatable bonds is 5. The summed E-state index contributed by atoms with van der Waals surface area (Å²) >= 11 is 0. The highest BCUT2D eigenvalue weighted by molar-refractivity contribution is 4.85. The second-order valence-corrected chi connectivity index (χ2v) is 7.44. The molecule has 1 fully saturated rings. The maximum absolute atomic E-state index is 3.65. The summed E-state index contributed by atoms with van der Waals surface area (Å²) in [7, 11) is 2.24. The first-order chi connectivity index (χ1) is 8.24. The SMILES string of the molecule is CN1CCNCC1CCNCC(C)(C)C(C)(C)C. The van der Waals surface area contributed by atoms with Crippen molar-refractivity contribution in [1.82, 2.24) is 15.5 Å². The molecule has 2 N–H and O–H groups in total. The van der Waals surface area contributed by atoms with Gasteiger partial charge in [-0.1, -0.05) is 34.6 Å². The average molecular weight is 255 g/mol. The summed E-state index contributed by atoms with van der Waals surface area (Å²) in [6.45, 7) is 17.4. The van der Waals surface area contributed by atoms with E-state index in [1.165, 1.54) is 13.0 Å². The van der Waals surface area contributed by atoms with Crippen molar-refractivity contribution in [2.24, 2.45) is 10.8 Å². The lowest BCUT2D eigenvalue weighted by molar-refractivity contribution is 0.126. The van der Waals surface area contributed by atoms with Gasteiger partial charge in [0.1, 0.15) is 0 Å². The van der Waals surface area contributed by atoms with Gasteiger partial charge in [-0.2, -0.15) is 0 Å². The van der Waals surface area contributed by atoms with Crippen molar-refractivity contribution in [2.45, 2.75) is 47.1 Å². The third kappa shape index (κ3) is 4.52. The molecule has 0 spiro atoms. The standard InChI is InChI=1S/C15H33N3/c1-14(2,3)15(4,5)12-17-8-7-13-11-16-9-10-18(13)6/h13,16-17H,7-12H2,1-6H3. The van der Waals surface area contributed by atoms with Gasteiger partial charge in [0.25, 0.3) is 0 Å². The van der Waals surface area contributed by atoms with Crippen molar-refractivity contribution in [3.8, 4) is 0 Å². The van der Waals surface area contributed by atoms with E-state index in [1.807, 2.05) is 0 Å². The number of piperazine rings is 1. The van der Waals surface area contributed by atoms with E-state index in [4.69, 9.17) is 0 Å². The molecule has 0 radical (unpaired) electrons. The van der Waals surface area contributed by atoms with Crippen LogP contribution < -0.4 is 10.6 Å². The van der Waals surface area contributed by atoms with Crippen LogP contribution in [0.1, 0.15) is 41.0 Å². The molecule has 108 valence electrons. The fraction of sp³-hybridized carbons (Fsp3) is 1.00. The predicted molar refractivity (Wildman–Crippen MR) is 80.0 cm³/mol. The minimum Gasteiger partial charge on any atom is -0.316 e. The number of likely N-dealkylation sites (N-methyl/N-ethyl adjacent to an activating group) is 1. The van der Waals surface area contributed by atoms with Crippen molar-refractivity contribution >= 4 is 0 Å². The van der Waals surface area contributed by atoms with Crippen LogP contribution in [0.4, 0.5) is 0 Å². The molecule has 18 heavy (non-hydrogen) atoms. The van der Waals surface area contributed by atoms with Crippen LogP contribution in [0.3, 0.4) is 0 Å². The number of nitrogens with zero attached hydrogens (tertiary/aromatic N) is 1. The average Bonchev–Trinajstić information content (AvgIpc) is 2.25. The summed E-state index contributed by atoms with van der Waals surface area (Å²) in [4.78, 5) is 2.48. The highest BCUT2D eigenvalue weighted by Crippen LogP contribution is 2.36. The summed E-state index contributed by atoms with van der Waals surface area (Å²) in [6, 6.07) is 0.698. The lowest BCUT2D eigenvalue weighted by Crippen LogP contribution is -2.50. The van der Waals surface area contributed by atoms with Crippen molar-refractivity contribution in [3.63, 3.8) is 0 Å². The van der Waals surface area contributed by atoms with Crippen molar-refractivity contribution in [1.29, 1.82) is 0 Å². The Bertz CT molecular complexity index is 243. The van der Waals surface area contributed by atoms with E-state index in [2.05, 4.69) is 57.2 Å². The molecule has 3 nitrogen and oxygen atoms in total. The van der Waals surface area contributed by atoms with Crippen LogP contribution in [0, 0.1) is 10.8 Å². The third-order valence-corrected chi connectivity index (χ3v) is 4.90. The fourth-order valence-electron chi connectivity index (χ4n) is 2.12. The van der Waals surface area contributed by atoms with Gasteiger partial charge in [-0.25, -0.2) is 0 Å². The molecule has 1 saturated heterocycles. The molecule has 1 aliphatic heterocycles. The normalized spacial score (nSPS) is 23.3. The second-order valence-electron chi connectivity index (χ2n) is 7.44. The molecule has 1 atom stereocenters. The van der Waals surface area contributed by atoms with Crippen molar-refractivity contribution in [2.75, 3.05) is 39.8 Å². The van der Waals surface area contributed by atoms with Crippen LogP contribution in [-0.2, 0) is 0 Å². The zero-order valence-corrected chi connectivity index (χ0v) is 13.3. The van der Waals surface area contributed by atoms with Crippen molar-refractivity contribution < 1.29 is 0 Å². The van der Waals surface area contributed by atoms with Crippen LogP contribution in [0.15, 0.2) is 0 Å². The minimum absolute atomic E-state index is 0.337. The molecule has 0 amide bonds. The quantitative estimate of drug-likeness (QED) is 0.735. The van der Waals surface area contributed by atoms with E-state index in [0.717, 1.165) is 26.2 Å². The lowest BCUT2D eigenvalue weighted by atomic mass is 9.69. The summed E-state index contributed by atoms with van der Waals surface area (Å²) in [6.07, 6.45) is 1.24. The molecular weight excluding hydrogens is 222 g/mol. The van der Waals surface area contributed by atoms with E-state index < -0.39 is 0 Å². The zero-order valence-electron chi connectivity index (χ0n) is 13.3. The Kier molecular flexibility index (Phi) is 5.63. The largest absolute Gasteiger partial charge is 0.316 e. The zero-order chi connectivity index (χ0) is 13.8. The summed E-state index contributed by atoms with van der Waals surface area (Å²) in [5.41, 5.74) is 0.687. The van der Waals surface area contributed by atoms with Gasteiger partial charge in [-0.15, -0.1) is 0 Å². The van der Waals surface area contributed by atoms with Gasteiger partial charge in [-0.05, 0) is 30.8 Å². The number of nitrogens with one attached hydrogen (secondary N) is 2. The van der Waals surface area contributed by atoms with Gasteiger partial charge in [0.05, 0.1) is 0 Å². The monoisotopic (exact) mass is 255 g/mol. The van der Waals surface area contributed by atoms with Crippen LogP contribution in [0.25, 0.3) is 0 Å². The molecule has 0 aromatic carbocycles. The maximum atomic E-state index is 3.65. The highest BCUT2D eigenvalue weighted by atomic mass is 15.2. The Balaban J connectivity index is 2.22. The Labute approximate surface area is 114 Å². The van der Waals surface area contributed by atoms with Gasteiger partial charge in [0, 0.05) is 32.2 Å². The first-order valence-corrected chi connectivity index (χ1v) is 7.36. The molecule has 0 aromatic rings. The maximum Gasteiger partial charge on any atom is 0.0230 e. The first kappa shape index (κ1) is 15.9. The molecule has 1 aliphatic rings. The van der Waals surface area contributed by atoms with Crippen LogP contribution in [0.2, 0.25) is 0 Å². The number of hydrogen-bond donors (Lipinski definition) is 2.